The van der Waals surface area contributed by atoms with Crippen LogP contribution < -0.4 is 14.9 Å². The molecule has 0 bridgehead atoms. The largest absolute Gasteiger partial charge is 0.547 e. The first kappa shape index (κ1) is 22.6. The van der Waals surface area contributed by atoms with Gasteiger partial charge >= 0.3 is 0 Å². The van der Waals surface area contributed by atoms with Gasteiger partial charge in [0.1, 0.15) is 18.0 Å². The van der Waals surface area contributed by atoms with Crippen LogP contribution in [0, 0.1) is 11.8 Å². The summed E-state index contributed by atoms with van der Waals surface area (Å²) in [5, 5.41) is 22.1. The van der Waals surface area contributed by atoms with Gasteiger partial charge in [-0.1, -0.05) is 57.6 Å². The predicted molar refractivity (Wildman–Crippen MR) is 104 cm³/mol. The van der Waals surface area contributed by atoms with E-state index in [1.165, 1.54) is 44.9 Å². The quantitative estimate of drug-likeness (QED) is 0.533. The topological polar surface area (TPSA) is 108 Å². The molecule has 1 aromatic rings. The van der Waals surface area contributed by atoms with E-state index < -0.39 is 30.4 Å². The first-order valence-corrected chi connectivity index (χ1v) is 10.9. The zero-order valence-electron chi connectivity index (χ0n) is 17.4. The van der Waals surface area contributed by atoms with Crippen molar-refractivity contribution in [3.63, 3.8) is 0 Å². The van der Waals surface area contributed by atoms with Gasteiger partial charge in [0.2, 0.25) is 0 Å². The van der Waals surface area contributed by atoms with Gasteiger partial charge in [0, 0.05) is 5.56 Å². The van der Waals surface area contributed by atoms with Crippen LogP contribution >= 0.6 is 0 Å². The van der Waals surface area contributed by atoms with Crippen molar-refractivity contribution >= 4 is 11.9 Å². The smallest absolute Gasteiger partial charge is 0.185 e. The van der Waals surface area contributed by atoms with E-state index in [1.807, 2.05) is 0 Å². The SMILES string of the molecule is CCCC1CCC(CCCOc2ccc(C3OC(C(=O)[O-])C(C(=O)[O-])O3)cc2)CC1. The molecule has 1 aromatic carbocycles. The molecule has 0 radical (unpaired) electrons. The Morgan fingerprint density at radius 3 is 1.97 bits per heavy atom. The number of aliphatic carboxylic acids is 2. The van der Waals surface area contributed by atoms with Crippen LogP contribution in [0.3, 0.4) is 0 Å². The molecule has 2 aliphatic rings. The summed E-state index contributed by atoms with van der Waals surface area (Å²) in [7, 11) is 0. The molecule has 30 heavy (non-hydrogen) atoms. The third-order valence-corrected chi connectivity index (χ3v) is 6.12. The van der Waals surface area contributed by atoms with E-state index in [0.717, 1.165) is 18.3 Å². The molecule has 166 valence electrons. The van der Waals surface area contributed by atoms with Crippen LogP contribution in [0.15, 0.2) is 24.3 Å². The second kappa shape index (κ2) is 10.8. The van der Waals surface area contributed by atoms with Crippen molar-refractivity contribution in [3.05, 3.63) is 29.8 Å². The molecule has 0 spiro atoms. The summed E-state index contributed by atoms with van der Waals surface area (Å²) in [6.45, 7) is 2.91. The Labute approximate surface area is 177 Å². The van der Waals surface area contributed by atoms with Crippen LogP contribution in [0.2, 0.25) is 0 Å². The van der Waals surface area contributed by atoms with Crippen molar-refractivity contribution in [1.29, 1.82) is 0 Å². The standard InChI is InChI=1S/C23H32O7/c1-2-4-15-6-8-16(9-7-15)5-3-14-28-18-12-10-17(11-13-18)23-29-19(21(24)25)20(30-23)22(26)27/h10-13,15-16,19-20,23H,2-9,14H2,1H3,(H,24,25)(H,26,27)/p-2. The molecule has 3 rings (SSSR count). The highest BCUT2D eigenvalue weighted by Crippen LogP contribution is 2.34. The summed E-state index contributed by atoms with van der Waals surface area (Å²) >= 11 is 0. The molecule has 0 N–H and O–H groups in total. The monoisotopic (exact) mass is 418 g/mol. The minimum absolute atomic E-state index is 0.501. The zero-order chi connectivity index (χ0) is 21.5. The Morgan fingerprint density at radius 1 is 0.933 bits per heavy atom. The minimum Gasteiger partial charge on any atom is -0.547 e. The van der Waals surface area contributed by atoms with Crippen molar-refractivity contribution in [1.82, 2.24) is 0 Å². The van der Waals surface area contributed by atoms with E-state index in [1.54, 1.807) is 24.3 Å². The van der Waals surface area contributed by atoms with E-state index in [0.29, 0.717) is 17.9 Å². The fourth-order valence-electron chi connectivity index (χ4n) is 4.46. The fourth-order valence-corrected chi connectivity index (χ4v) is 4.46. The maximum atomic E-state index is 11.0. The van der Waals surface area contributed by atoms with Crippen LogP contribution in [0.5, 0.6) is 5.75 Å². The van der Waals surface area contributed by atoms with Gasteiger partial charge in [0.25, 0.3) is 0 Å². The molecule has 0 aromatic heterocycles. The molecule has 1 aliphatic heterocycles. The highest BCUT2D eigenvalue weighted by molar-refractivity contribution is 5.82. The first-order chi connectivity index (χ1) is 14.5. The van der Waals surface area contributed by atoms with Gasteiger partial charge in [-0.2, -0.15) is 0 Å². The Bertz CT molecular complexity index is 672. The molecule has 7 heteroatoms. The molecule has 1 saturated carbocycles. The van der Waals surface area contributed by atoms with Crippen LogP contribution in [-0.4, -0.2) is 30.8 Å². The molecule has 2 unspecified atom stereocenters. The summed E-state index contributed by atoms with van der Waals surface area (Å²) in [6.07, 6.45) is 5.75. The second-order valence-corrected chi connectivity index (χ2v) is 8.32. The number of carbonyl (C=O) groups excluding carboxylic acids is 2. The Kier molecular flexibility index (Phi) is 8.10. The summed E-state index contributed by atoms with van der Waals surface area (Å²) < 4.78 is 16.1. The van der Waals surface area contributed by atoms with Gasteiger partial charge < -0.3 is 34.0 Å². The Balaban J connectivity index is 1.40. The average Bonchev–Trinajstić information content (AvgIpc) is 3.19. The number of carboxylic acid groups (broad SMARTS) is 2. The van der Waals surface area contributed by atoms with E-state index in [2.05, 4.69) is 6.92 Å². The molecule has 7 nitrogen and oxygen atoms in total. The van der Waals surface area contributed by atoms with E-state index >= 15 is 0 Å². The summed E-state index contributed by atoms with van der Waals surface area (Å²) in [5.74, 6) is -0.862. The van der Waals surface area contributed by atoms with Crippen molar-refractivity contribution in [2.75, 3.05) is 6.61 Å². The van der Waals surface area contributed by atoms with E-state index in [4.69, 9.17) is 14.2 Å². The molecule has 2 atom stereocenters. The molecule has 0 amide bonds. The van der Waals surface area contributed by atoms with Gasteiger partial charge in [0.05, 0.1) is 18.5 Å². The maximum Gasteiger partial charge on any atom is 0.185 e. The summed E-state index contributed by atoms with van der Waals surface area (Å²) in [5.41, 5.74) is 0.501. The van der Waals surface area contributed by atoms with Gasteiger partial charge in [-0.05, 0) is 36.8 Å². The van der Waals surface area contributed by atoms with Gasteiger partial charge in [-0.25, -0.2) is 0 Å². The van der Waals surface area contributed by atoms with Crippen molar-refractivity contribution in [2.45, 2.75) is 76.8 Å². The van der Waals surface area contributed by atoms with Crippen molar-refractivity contribution in [3.8, 4) is 5.75 Å². The van der Waals surface area contributed by atoms with E-state index in [9.17, 15) is 19.8 Å². The number of carbonyl (C=O) groups is 2. The lowest BCUT2D eigenvalue weighted by atomic mass is 9.78. The highest BCUT2D eigenvalue weighted by Gasteiger charge is 2.38. The third-order valence-electron chi connectivity index (χ3n) is 6.12. The Morgan fingerprint density at radius 2 is 1.47 bits per heavy atom. The lowest BCUT2D eigenvalue weighted by Crippen LogP contribution is -2.49. The molecule has 1 saturated heterocycles. The molecular formula is C23H30O7-2. The Hall–Kier alpha value is -2.12. The van der Waals surface area contributed by atoms with Gasteiger partial charge in [-0.3, -0.25) is 0 Å². The number of ether oxygens (including phenoxy) is 3. The predicted octanol–water partition coefficient (Wildman–Crippen LogP) is 1.73. The van der Waals surface area contributed by atoms with Crippen LogP contribution in [0.4, 0.5) is 0 Å². The second-order valence-electron chi connectivity index (χ2n) is 8.32. The number of hydrogen-bond donors (Lipinski definition) is 0. The van der Waals surface area contributed by atoms with Crippen LogP contribution in [-0.2, 0) is 19.1 Å². The van der Waals surface area contributed by atoms with Crippen LogP contribution in [0.1, 0.15) is 70.1 Å². The van der Waals surface area contributed by atoms with Crippen molar-refractivity contribution in [2.24, 2.45) is 11.8 Å². The summed E-state index contributed by atoms with van der Waals surface area (Å²) in [6, 6.07) is 6.80. The molecular weight excluding hydrogens is 388 g/mol. The number of hydrogen-bond acceptors (Lipinski definition) is 7. The van der Waals surface area contributed by atoms with E-state index in [-0.39, 0.29) is 0 Å². The zero-order valence-corrected chi connectivity index (χ0v) is 17.4. The normalized spacial score (nSPS) is 28.9. The lowest BCUT2D eigenvalue weighted by molar-refractivity contribution is -0.327. The number of rotatable bonds is 10. The van der Waals surface area contributed by atoms with Gasteiger partial charge in [-0.15, -0.1) is 0 Å². The fraction of sp³-hybridized carbons (Fsp3) is 0.652. The number of benzene rings is 1. The summed E-state index contributed by atoms with van der Waals surface area (Å²) in [4.78, 5) is 22.1. The molecule has 2 fully saturated rings. The van der Waals surface area contributed by atoms with Gasteiger partial charge in [0.15, 0.2) is 6.29 Å². The minimum atomic E-state index is -1.70. The number of carboxylic acids is 2. The lowest BCUT2D eigenvalue weighted by Gasteiger charge is -2.28. The highest BCUT2D eigenvalue weighted by atomic mass is 16.7. The van der Waals surface area contributed by atoms with Crippen molar-refractivity contribution < 1.29 is 34.0 Å². The average molecular weight is 418 g/mol. The maximum absolute atomic E-state index is 11.0. The first-order valence-electron chi connectivity index (χ1n) is 10.9. The van der Waals surface area contributed by atoms with Crippen LogP contribution in [0.25, 0.3) is 0 Å². The third kappa shape index (κ3) is 5.95. The molecule has 1 aliphatic carbocycles. The molecule has 1 heterocycles.